The van der Waals surface area contributed by atoms with Crippen LogP contribution in [-0.2, 0) is 14.8 Å². The Morgan fingerprint density at radius 1 is 1.21 bits per heavy atom. The van der Waals surface area contributed by atoms with Gasteiger partial charge in [0.25, 0.3) is 5.91 Å². The van der Waals surface area contributed by atoms with E-state index in [4.69, 9.17) is 0 Å². The molecule has 1 amide bonds. The summed E-state index contributed by atoms with van der Waals surface area (Å²) in [7, 11) is -2.29. The highest BCUT2D eigenvalue weighted by molar-refractivity contribution is 7.89. The van der Waals surface area contributed by atoms with Crippen molar-refractivity contribution in [1.82, 2.24) is 4.31 Å². The van der Waals surface area contributed by atoms with Gasteiger partial charge in [0.1, 0.15) is 5.00 Å². The SMILES string of the molecule is COC(=O)c1ccsc1NC(=O)c1ccc(S(=O)(=O)N2CCCC(C)C2)cc1. The highest BCUT2D eigenvalue weighted by atomic mass is 32.2. The summed E-state index contributed by atoms with van der Waals surface area (Å²) in [6, 6.07) is 7.40. The summed E-state index contributed by atoms with van der Waals surface area (Å²) in [5.74, 6) is -0.625. The number of thiophene rings is 1. The standard InChI is InChI=1S/C19H22N2O5S2/c1-13-4-3-10-21(12-13)28(24,25)15-7-5-14(6-8-15)17(22)20-18-16(9-11-27-18)19(23)26-2/h5-9,11,13H,3-4,10,12H2,1-2H3,(H,20,22). The number of hydrogen-bond acceptors (Lipinski definition) is 6. The van der Waals surface area contributed by atoms with Crippen LogP contribution >= 0.6 is 11.3 Å². The molecule has 1 saturated heterocycles. The van der Waals surface area contributed by atoms with Crippen molar-refractivity contribution in [3.8, 4) is 0 Å². The molecule has 1 aromatic heterocycles. The smallest absolute Gasteiger partial charge is 0.340 e. The predicted octanol–water partition coefficient (Wildman–Crippen LogP) is 3.21. The molecule has 1 fully saturated rings. The monoisotopic (exact) mass is 422 g/mol. The summed E-state index contributed by atoms with van der Waals surface area (Å²) < 4.78 is 31.8. The van der Waals surface area contributed by atoms with Gasteiger partial charge in [0.05, 0.1) is 17.6 Å². The second-order valence-electron chi connectivity index (χ2n) is 6.74. The van der Waals surface area contributed by atoms with E-state index in [-0.39, 0.29) is 10.5 Å². The number of carbonyl (C=O) groups excluding carboxylic acids is 2. The summed E-state index contributed by atoms with van der Waals surface area (Å²) in [4.78, 5) is 24.3. The molecule has 1 aromatic carbocycles. The molecule has 1 aliphatic heterocycles. The molecule has 150 valence electrons. The van der Waals surface area contributed by atoms with Gasteiger partial charge in [0.2, 0.25) is 10.0 Å². The van der Waals surface area contributed by atoms with Crippen molar-refractivity contribution in [2.75, 3.05) is 25.5 Å². The number of ether oxygens (including phenoxy) is 1. The van der Waals surface area contributed by atoms with Crippen LogP contribution in [0.2, 0.25) is 0 Å². The summed E-state index contributed by atoms with van der Waals surface area (Å²) >= 11 is 1.21. The van der Waals surface area contributed by atoms with Crippen LogP contribution in [0.15, 0.2) is 40.6 Å². The molecular weight excluding hydrogens is 400 g/mol. The molecule has 0 spiro atoms. The Labute approximate surface area is 168 Å². The van der Waals surface area contributed by atoms with E-state index in [9.17, 15) is 18.0 Å². The minimum atomic E-state index is -3.57. The fourth-order valence-electron chi connectivity index (χ4n) is 3.14. The Morgan fingerprint density at radius 2 is 1.93 bits per heavy atom. The van der Waals surface area contributed by atoms with Crippen LogP contribution in [0.1, 0.15) is 40.5 Å². The maximum Gasteiger partial charge on any atom is 0.340 e. The average molecular weight is 423 g/mol. The van der Waals surface area contributed by atoms with Crippen molar-refractivity contribution in [1.29, 1.82) is 0 Å². The van der Waals surface area contributed by atoms with Crippen molar-refractivity contribution >= 4 is 38.2 Å². The predicted molar refractivity (Wildman–Crippen MR) is 107 cm³/mol. The van der Waals surface area contributed by atoms with Gasteiger partial charge in [-0.15, -0.1) is 11.3 Å². The lowest BCUT2D eigenvalue weighted by Gasteiger charge is -2.30. The third-order valence-corrected chi connectivity index (χ3v) is 7.38. The van der Waals surface area contributed by atoms with Crippen LogP contribution < -0.4 is 5.32 Å². The third kappa shape index (κ3) is 4.26. The van der Waals surface area contributed by atoms with E-state index in [1.807, 2.05) is 6.92 Å². The van der Waals surface area contributed by atoms with Gasteiger partial charge in [-0.2, -0.15) is 4.31 Å². The van der Waals surface area contributed by atoms with Crippen LogP contribution in [0.25, 0.3) is 0 Å². The molecule has 1 unspecified atom stereocenters. The molecule has 1 atom stereocenters. The number of carbonyl (C=O) groups is 2. The Morgan fingerprint density at radius 3 is 2.57 bits per heavy atom. The fourth-order valence-corrected chi connectivity index (χ4v) is 5.51. The summed E-state index contributed by atoms with van der Waals surface area (Å²) in [5.41, 5.74) is 0.578. The Hall–Kier alpha value is -2.23. The van der Waals surface area contributed by atoms with Crippen molar-refractivity contribution in [2.24, 2.45) is 5.92 Å². The van der Waals surface area contributed by atoms with Crippen molar-refractivity contribution in [3.05, 3.63) is 46.8 Å². The first-order chi connectivity index (χ1) is 13.3. The summed E-state index contributed by atoms with van der Waals surface area (Å²) in [6.45, 7) is 3.07. The molecular formula is C19H22N2O5S2. The van der Waals surface area contributed by atoms with E-state index in [1.165, 1.54) is 47.0 Å². The zero-order chi connectivity index (χ0) is 20.3. The fraction of sp³-hybridized carbons (Fsp3) is 0.368. The van der Waals surface area contributed by atoms with Gasteiger partial charge in [-0.1, -0.05) is 6.92 Å². The number of hydrogen-bond donors (Lipinski definition) is 1. The number of anilines is 1. The average Bonchev–Trinajstić information content (AvgIpc) is 3.15. The first-order valence-corrected chi connectivity index (χ1v) is 11.2. The molecule has 0 radical (unpaired) electrons. The number of amides is 1. The van der Waals surface area contributed by atoms with Gasteiger partial charge in [0.15, 0.2) is 0 Å². The number of nitrogens with zero attached hydrogens (tertiary/aromatic N) is 1. The highest BCUT2D eigenvalue weighted by Crippen LogP contribution is 2.26. The van der Waals surface area contributed by atoms with E-state index < -0.39 is 21.9 Å². The van der Waals surface area contributed by atoms with Crippen molar-refractivity contribution in [3.63, 3.8) is 0 Å². The van der Waals surface area contributed by atoms with Gasteiger partial charge in [-0.3, -0.25) is 4.79 Å². The van der Waals surface area contributed by atoms with E-state index in [0.29, 0.717) is 29.6 Å². The number of rotatable bonds is 5. The number of nitrogens with one attached hydrogen (secondary N) is 1. The number of methoxy groups -OCH3 is 1. The number of benzene rings is 1. The van der Waals surface area contributed by atoms with E-state index in [0.717, 1.165) is 12.8 Å². The second-order valence-corrected chi connectivity index (χ2v) is 9.60. The Kier molecular flexibility index (Phi) is 6.17. The first-order valence-electron chi connectivity index (χ1n) is 8.90. The van der Waals surface area contributed by atoms with E-state index in [1.54, 1.807) is 11.4 Å². The lowest BCUT2D eigenvalue weighted by atomic mass is 10.0. The van der Waals surface area contributed by atoms with Crippen LogP contribution in [0.4, 0.5) is 5.00 Å². The minimum absolute atomic E-state index is 0.171. The molecule has 1 N–H and O–H groups in total. The van der Waals surface area contributed by atoms with Gasteiger partial charge in [0, 0.05) is 18.7 Å². The largest absolute Gasteiger partial charge is 0.465 e. The number of sulfonamides is 1. The lowest BCUT2D eigenvalue weighted by Crippen LogP contribution is -2.39. The topological polar surface area (TPSA) is 92.8 Å². The molecule has 1 aliphatic rings. The molecule has 9 heteroatoms. The zero-order valence-corrected chi connectivity index (χ0v) is 17.3. The summed E-state index contributed by atoms with van der Waals surface area (Å²) in [5, 5.41) is 4.73. The van der Waals surface area contributed by atoms with Crippen molar-refractivity contribution < 1.29 is 22.7 Å². The van der Waals surface area contributed by atoms with Gasteiger partial charge >= 0.3 is 5.97 Å². The normalized spacial score (nSPS) is 17.9. The molecule has 0 saturated carbocycles. The molecule has 3 rings (SSSR count). The lowest BCUT2D eigenvalue weighted by molar-refractivity contribution is 0.0602. The van der Waals surface area contributed by atoms with Crippen LogP contribution in [-0.4, -0.2) is 44.8 Å². The number of piperidine rings is 1. The van der Waals surface area contributed by atoms with Gasteiger partial charge < -0.3 is 10.1 Å². The third-order valence-electron chi connectivity index (χ3n) is 4.67. The molecule has 0 bridgehead atoms. The van der Waals surface area contributed by atoms with E-state index >= 15 is 0 Å². The zero-order valence-electron chi connectivity index (χ0n) is 15.7. The maximum absolute atomic E-state index is 12.8. The molecule has 2 aromatic rings. The maximum atomic E-state index is 12.8. The van der Waals surface area contributed by atoms with E-state index in [2.05, 4.69) is 10.1 Å². The second kappa shape index (κ2) is 8.42. The van der Waals surface area contributed by atoms with Gasteiger partial charge in [-0.05, 0) is 54.5 Å². The Balaban J connectivity index is 1.74. The molecule has 7 nitrogen and oxygen atoms in total. The molecule has 2 heterocycles. The van der Waals surface area contributed by atoms with Crippen LogP contribution in [0.5, 0.6) is 0 Å². The quantitative estimate of drug-likeness (QED) is 0.747. The van der Waals surface area contributed by atoms with Crippen molar-refractivity contribution in [2.45, 2.75) is 24.7 Å². The molecule has 28 heavy (non-hydrogen) atoms. The minimum Gasteiger partial charge on any atom is -0.465 e. The first kappa shape index (κ1) is 20.5. The van der Waals surface area contributed by atoms with Gasteiger partial charge in [-0.25, -0.2) is 13.2 Å². The highest BCUT2D eigenvalue weighted by Gasteiger charge is 2.28. The van der Waals surface area contributed by atoms with Crippen LogP contribution in [0, 0.1) is 5.92 Å². The van der Waals surface area contributed by atoms with Crippen LogP contribution in [0.3, 0.4) is 0 Å². The number of esters is 1. The Bertz CT molecular complexity index is 966. The molecule has 0 aliphatic carbocycles. The summed E-state index contributed by atoms with van der Waals surface area (Å²) in [6.07, 6.45) is 1.88.